The minimum Gasteiger partial charge on any atom is -0.100 e. The van der Waals surface area contributed by atoms with Gasteiger partial charge >= 0.3 is 0 Å². The van der Waals surface area contributed by atoms with E-state index in [1.165, 1.54) is 11.1 Å². The summed E-state index contributed by atoms with van der Waals surface area (Å²) < 4.78 is 0. The van der Waals surface area contributed by atoms with Crippen LogP contribution in [0.1, 0.15) is 27.7 Å². The fraction of sp³-hybridized carbons (Fsp3) is 0.500. The molecule has 0 N–H and O–H groups in total. The van der Waals surface area contributed by atoms with Crippen LogP contribution in [0.25, 0.3) is 0 Å². The Bertz CT molecular complexity index is 62.6. The molecule has 0 fully saturated rings. The predicted molar refractivity (Wildman–Crippen MR) is 50.9 cm³/mol. The summed E-state index contributed by atoms with van der Waals surface area (Å²) in [6.45, 7) is 15.0. The van der Waals surface area contributed by atoms with Crippen molar-refractivity contribution in [3.63, 3.8) is 0 Å². The third kappa shape index (κ3) is 1860000. The van der Waals surface area contributed by atoms with Gasteiger partial charge in [0.15, 0.2) is 17.4 Å². The molecule has 0 aromatic carbocycles. The van der Waals surface area contributed by atoms with Crippen molar-refractivity contribution in [2.75, 3.05) is 0 Å². The van der Waals surface area contributed by atoms with Gasteiger partial charge in [0, 0.05) is 0 Å². The summed E-state index contributed by atoms with van der Waals surface area (Å²) in [5.74, 6) is 0. The van der Waals surface area contributed by atoms with Gasteiger partial charge in [0.2, 0.25) is 0 Å². The number of rotatable bonds is 0. The second-order valence-electron chi connectivity index (χ2n) is 2.41. The Morgan fingerprint density at radius 3 is 0.778 bits per heavy atom. The molecule has 0 aromatic heterocycles. The Kier molecular flexibility index (Phi) is 19.4. The molecule has 0 amide bonds. The van der Waals surface area contributed by atoms with Gasteiger partial charge in [-0.2, -0.15) is 0 Å². The molecule has 0 unspecified atom stereocenters. The maximum absolute atomic E-state index is 3.56. The van der Waals surface area contributed by atoms with Gasteiger partial charge in [-0.3, -0.25) is 0 Å². The molecule has 0 saturated heterocycles. The van der Waals surface area contributed by atoms with E-state index in [9.17, 15) is 0 Å². The SMILES string of the molecule is C=C(C)C.C=C(C)C.[AlH3]. The Morgan fingerprint density at radius 1 is 0.778 bits per heavy atom. The average molecular weight is 142 g/mol. The second-order valence-corrected chi connectivity index (χ2v) is 2.41. The lowest BCUT2D eigenvalue weighted by molar-refractivity contribution is 1.42. The highest BCUT2D eigenvalue weighted by Gasteiger charge is 1.52. The largest absolute Gasteiger partial charge is 0.187 e. The van der Waals surface area contributed by atoms with Crippen LogP contribution in [-0.4, -0.2) is 17.4 Å². The lowest BCUT2D eigenvalue weighted by atomic mass is 10.4. The molecule has 0 aliphatic carbocycles. The summed E-state index contributed by atoms with van der Waals surface area (Å²) in [6, 6.07) is 0. The van der Waals surface area contributed by atoms with Gasteiger partial charge in [-0.1, -0.05) is 11.1 Å². The maximum Gasteiger partial charge on any atom is 0.187 e. The van der Waals surface area contributed by atoms with Crippen molar-refractivity contribution in [3.8, 4) is 0 Å². The molecular weight excluding hydrogens is 123 g/mol. The number of hydrogen-bond acceptors (Lipinski definition) is 0. The van der Waals surface area contributed by atoms with Crippen molar-refractivity contribution in [2.24, 2.45) is 0 Å². The third-order valence-electron chi connectivity index (χ3n) is 0. The highest BCUT2D eigenvalue weighted by Crippen LogP contribution is 1.74. The van der Waals surface area contributed by atoms with Crippen LogP contribution in [0.3, 0.4) is 0 Å². The lowest BCUT2D eigenvalue weighted by Gasteiger charge is -1.65. The van der Waals surface area contributed by atoms with E-state index in [2.05, 4.69) is 13.2 Å². The molecule has 9 heavy (non-hydrogen) atoms. The molecule has 0 aromatic rings. The molecule has 0 saturated carbocycles. The first-order valence-electron chi connectivity index (χ1n) is 2.71. The fourth-order valence-electron chi connectivity index (χ4n) is 0. The van der Waals surface area contributed by atoms with Crippen LogP contribution in [0.5, 0.6) is 0 Å². The molecule has 0 radical (unpaired) electrons. The van der Waals surface area contributed by atoms with E-state index in [1.807, 2.05) is 27.7 Å². The molecular formula is C8H19Al. The summed E-state index contributed by atoms with van der Waals surface area (Å²) in [7, 11) is 0. The van der Waals surface area contributed by atoms with Crippen molar-refractivity contribution in [1.82, 2.24) is 0 Å². The van der Waals surface area contributed by atoms with Crippen LogP contribution in [0.15, 0.2) is 24.3 Å². The molecule has 0 aliphatic heterocycles. The minimum absolute atomic E-state index is 0. The van der Waals surface area contributed by atoms with Crippen LogP contribution in [0.4, 0.5) is 0 Å². The summed E-state index contributed by atoms with van der Waals surface area (Å²) in [5.41, 5.74) is 2.33. The van der Waals surface area contributed by atoms with Crippen molar-refractivity contribution in [2.45, 2.75) is 27.7 Å². The zero-order valence-electron chi connectivity index (χ0n) is 6.41. The zero-order chi connectivity index (χ0) is 7.15. The van der Waals surface area contributed by atoms with E-state index in [-0.39, 0.29) is 17.4 Å². The van der Waals surface area contributed by atoms with E-state index in [0.717, 1.165) is 0 Å². The van der Waals surface area contributed by atoms with Gasteiger partial charge in [-0.05, 0) is 27.7 Å². The topological polar surface area (TPSA) is 0 Å². The number of hydrogen-bond donors (Lipinski definition) is 0. The molecule has 0 aliphatic rings. The molecule has 0 nitrogen and oxygen atoms in total. The summed E-state index contributed by atoms with van der Waals surface area (Å²) in [4.78, 5) is 0. The first-order chi connectivity index (χ1) is 3.46. The Hall–Kier alpha value is 0.0125. The van der Waals surface area contributed by atoms with Crippen molar-refractivity contribution >= 4 is 17.4 Å². The molecule has 1 heteroatoms. The first-order valence-corrected chi connectivity index (χ1v) is 2.71. The van der Waals surface area contributed by atoms with E-state index in [0.29, 0.717) is 0 Å². The molecule has 54 valence electrons. The van der Waals surface area contributed by atoms with E-state index < -0.39 is 0 Å². The zero-order valence-corrected chi connectivity index (χ0v) is 6.41. The van der Waals surface area contributed by atoms with Gasteiger partial charge in [-0.25, -0.2) is 0 Å². The summed E-state index contributed by atoms with van der Waals surface area (Å²) >= 11 is 0. The van der Waals surface area contributed by atoms with Crippen molar-refractivity contribution in [1.29, 1.82) is 0 Å². The van der Waals surface area contributed by atoms with Crippen molar-refractivity contribution < 1.29 is 0 Å². The fourth-order valence-corrected chi connectivity index (χ4v) is 0. The predicted octanol–water partition coefficient (Wildman–Crippen LogP) is 1.98. The van der Waals surface area contributed by atoms with Crippen LogP contribution < -0.4 is 0 Å². The third-order valence-corrected chi connectivity index (χ3v) is 0. The Labute approximate surface area is 69.8 Å². The quantitative estimate of drug-likeness (QED) is 0.358. The molecule has 0 rings (SSSR count). The van der Waals surface area contributed by atoms with E-state index in [4.69, 9.17) is 0 Å². The van der Waals surface area contributed by atoms with Gasteiger partial charge < -0.3 is 0 Å². The van der Waals surface area contributed by atoms with Crippen LogP contribution in [0.2, 0.25) is 0 Å². The Balaban J connectivity index is -0.0000000720. The lowest BCUT2D eigenvalue weighted by Crippen LogP contribution is -1.43. The average Bonchev–Trinajstić information content (AvgIpc) is 1.25. The van der Waals surface area contributed by atoms with Gasteiger partial charge in [0.1, 0.15) is 0 Å². The first kappa shape index (κ1) is 16.0. The normalized spacial score (nSPS) is 5.78. The highest BCUT2D eigenvalue weighted by molar-refractivity contribution is 5.75. The van der Waals surface area contributed by atoms with Crippen LogP contribution >= 0.6 is 0 Å². The van der Waals surface area contributed by atoms with Gasteiger partial charge in [0.05, 0.1) is 0 Å². The highest BCUT2D eigenvalue weighted by atomic mass is 27.0. The molecule has 0 heterocycles. The van der Waals surface area contributed by atoms with Crippen molar-refractivity contribution in [3.05, 3.63) is 24.3 Å². The number of allylic oxidation sites excluding steroid dienone is 2. The van der Waals surface area contributed by atoms with Crippen LogP contribution in [0, 0.1) is 0 Å². The summed E-state index contributed by atoms with van der Waals surface area (Å²) in [6.07, 6.45) is 0. The molecule has 0 atom stereocenters. The Morgan fingerprint density at radius 2 is 0.778 bits per heavy atom. The minimum atomic E-state index is 0. The summed E-state index contributed by atoms with van der Waals surface area (Å²) in [5, 5.41) is 0. The van der Waals surface area contributed by atoms with Crippen LogP contribution in [-0.2, 0) is 0 Å². The molecule has 0 spiro atoms. The van der Waals surface area contributed by atoms with Gasteiger partial charge in [0.25, 0.3) is 0 Å². The standard InChI is InChI=1S/2C4H8.Al.3H/c2*1-4(2)3;;;;/h2*1H2,2-3H3;;;;. The second kappa shape index (κ2) is 10.9. The van der Waals surface area contributed by atoms with Gasteiger partial charge in [-0.15, -0.1) is 13.2 Å². The van der Waals surface area contributed by atoms with E-state index >= 15 is 0 Å². The monoisotopic (exact) mass is 142 g/mol. The molecule has 0 bridgehead atoms. The van der Waals surface area contributed by atoms with E-state index in [1.54, 1.807) is 0 Å². The smallest absolute Gasteiger partial charge is 0.100 e. The maximum atomic E-state index is 3.56.